The molecule has 0 spiro atoms. The molecule has 0 aromatic carbocycles. The van der Waals surface area contributed by atoms with Crippen LogP contribution in [0.5, 0.6) is 0 Å². The van der Waals surface area contributed by atoms with E-state index < -0.39 is 0 Å². The van der Waals surface area contributed by atoms with Crippen LogP contribution < -0.4 is 0 Å². The zero-order valence-corrected chi connectivity index (χ0v) is 9.83. The number of hydrogen-bond donors (Lipinski definition) is 0. The molecule has 0 aromatic heterocycles. The van der Waals surface area contributed by atoms with E-state index in [9.17, 15) is 9.59 Å². The summed E-state index contributed by atoms with van der Waals surface area (Å²) in [5.41, 5.74) is 0. The van der Waals surface area contributed by atoms with Gasteiger partial charge in [-0.3, -0.25) is 4.79 Å². The van der Waals surface area contributed by atoms with Crippen LogP contribution in [0, 0.1) is 0 Å². The average Bonchev–Trinajstić information content (AvgIpc) is 2.17. The first-order chi connectivity index (χ1) is 7.20. The Balaban J connectivity index is 3.56. The van der Waals surface area contributed by atoms with Crippen molar-refractivity contribution in [3.8, 4) is 0 Å². The smallest absolute Gasteiger partial charge is 0.302 e. The standard InChI is InChI=1S/C12H22O3/c1-3-4-5-6-7-8-12(9-10-13)15-11(2)14/h10,12H,3-9H2,1-2H3/t12-/m0/s1. The van der Waals surface area contributed by atoms with Gasteiger partial charge in [-0.05, 0) is 12.8 Å². The number of unbranched alkanes of at least 4 members (excludes halogenated alkanes) is 4. The maximum atomic E-state index is 10.7. The van der Waals surface area contributed by atoms with Gasteiger partial charge in [0, 0.05) is 13.3 Å². The molecule has 0 saturated carbocycles. The lowest BCUT2D eigenvalue weighted by molar-refractivity contribution is -0.147. The van der Waals surface area contributed by atoms with E-state index in [0.29, 0.717) is 6.42 Å². The molecule has 0 heterocycles. The van der Waals surface area contributed by atoms with Crippen molar-refractivity contribution in [1.82, 2.24) is 0 Å². The van der Waals surface area contributed by atoms with Crippen molar-refractivity contribution in [1.29, 1.82) is 0 Å². The molecule has 88 valence electrons. The Kier molecular flexibility index (Phi) is 9.13. The Bertz CT molecular complexity index is 178. The fourth-order valence-electron chi connectivity index (χ4n) is 1.54. The number of hydrogen-bond acceptors (Lipinski definition) is 3. The van der Waals surface area contributed by atoms with Crippen molar-refractivity contribution in [3.05, 3.63) is 0 Å². The second kappa shape index (κ2) is 9.69. The molecule has 0 N–H and O–H groups in total. The summed E-state index contributed by atoms with van der Waals surface area (Å²) in [6, 6.07) is 0. The topological polar surface area (TPSA) is 43.4 Å². The minimum Gasteiger partial charge on any atom is -0.462 e. The number of esters is 1. The molecule has 1 atom stereocenters. The molecule has 3 nitrogen and oxygen atoms in total. The third kappa shape index (κ3) is 9.44. The number of carbonyl (C=O) groups is 2. The van der Waals surface area contributed by atoms with Crippen LogP contribution in [0.4, 0.5) is 0 Å². The van der Waals surface area contributed by atoms with Gasteiger partial charge >= 0.3 is 5.97 Å². The molecule has 0 rings (SSSR count). The van der Waals surface area contributed by atoms with Crippen LogP contribution in [0.2, 0.25) is 0 Å². The van der Waals surface area contributed by atoms with Crippen LogP contribution >= 0.6 is 0 Å². The largest absolute Gasteiger partial charge is 0.462 e. The average molecular weight is 214 g/mol. The minimum absolute atomic E-state index is 0.207. The third-order valence-electron chi connectivity index (χ3n) is 2.32. The van der Waals surface area contributed by atoms with Gasteiger partial charge in [0.15, 0.2) is 0 Å². The molecule has 15 heavy (non-hydrogen) atoms. The van der Waals surface area contributed by atoms with Crippen LogP contribution in [-0.2, 0) is 14.3 Å². The summed E-state index contributed by atoms with van der Waals surface area (Å²) in [7, 11) is 0. The molecule has 0 aromatic rings. The predicted molar refractivity (Wildman–Crippen MR) is 59.6 cm³/mol. The van der Waals surface area contributed by atoms with E-state index in [1.165, 1.54) is 26.2 Å². The fraction of sp³-hybridized carbons (Fsp3) is 0.833. The zero-order chi connectivity index (χ0) is 11.5. The van der Waals surface area contributed by atoms with Crippen LogP contribution in [0.1, 0.15) is 58.8 Å². The first-order valence-electron chi connectivity index (χ1n) is 5.81. The summed E-state index contributed by atoms with van der Waals surface area (Å²) in [6.45, 7) is 3.56. The Morgan fingerprint density at radius 1 is 1.27 bits per heavy atom. The molecule has 0 bridgehead atoms. The molecular weight excluding hydrogens is 192 g/mol. The van der Waals surface area contributed by atoms with Gasteiger partial charge in [0.2, 0.25) is 0 Å². The van der Waals surface area contributed by atoms with Crippen molar-refractivity contribution < 1.29 is 14.3 Å². The van der Waals surface area contributed by atoms with Gasteiger partial charge < -0.3 is 9.53 Å². The summed E-state index contributed by atoms with van der Waals surface area (Å²) in [5, 5.41) is 0. The van der Waals surface area contributed by atoms with Crippen molar-refractivity contribution in [2.24, 2.45) is 0 Å². The van der Waals surface area contributed by atoms with Gasteiger partial charge in [-0.2, -0.15) is 0 Å². The molecule has 0 aliphatic heterocycles. The molecule has 0 unspecified atom stereocenters. The summed E-state index contributed by atoms with van der Waals surface area (Å²) >= 11 is 0. The van der Waals surface area contributed by atoms with Gasteiger partial charge in [0.1, 0.15) is 12.4 Å². The lowest BCUT2D eigenvalue weighted by Crippen LogP contribution is -2.16. The first kappa shape index (κ1) is 14.1. The molecule has 0 amide bonds. The lowest BCUT2D eigenvalue weighted by Gasteiger charge is -2.13. The number of aldehydes is 1. The third-order valence-corrected chi connectivity index (χ3v) is 2.32. The van der Waals surface area contributed by atoms with Crippen LogP contribution in [0.3, 0.4) is 0 Å². The SMILES string of the molecule is CCCCCCC[C@@H](CC=O)OC(C)=O. The molecule has 0 fully saturated rings. The van der Waals surface area contributed by atoms with E-state index in [1.54, 1.807) is 0 Å². The van der Waals surface area contributed by atoms with Crippen LogP contribution in [-0.4, -0.2) is 18.4 Å². The van der Waals surface area contributed by atoms with Crippen molar-refractivity contribution in [2.75, 3.05) is 0 Å². The maximum Gasteiger partial charge on any atom is 0.302 e. The number of ether oxygens (including phenoxy) is 1. The van der Waals surface area contributed by atoms with E-state index in [4.69, 9.17) is 4.74 Å². The highest BCUT2D eigenvalue weighted by molar-refractivity contribution is 5.66. The van der Waals surface area contributed by atoms with Crippen molar-refractivity contribution in [2.45, 2.75) is 64.9 Å². The predicted octanol–water partition coefficient (Wildman–Crippen LogP) is 2.87. The summed E-state index contributed by atoms with van der Waals surface area (Å²) < 4.78 is 5.03. The van der Waals surface area contributed by atoms with Crippen molar-refractivity contribution >= 4 is 12.3 Å². The second-order valence-electron chi connectivity index (χ2n) is 3.84. The summed E-state index contributed by atoms with van der Waals surface area (Å²) in [4.78, 5) is 21.1. The molecule has 0 aliphatic rings. The van der Waals surface area contributed by atoms with E-state index >= 15 is 0 Å². The highest BCUT2D eigenvalue weighted by Crippen LogP contribution is 2.11. The van der Waals surface area contributed by atoms with Gasteiger partial charge in [-0.15, -0.1) is 0 Å². The Morgan fingerprint density at radius 3 is 2.47 bits per heavy atom. The Labute approximate surface area is 92.2 Å². The first-order valence-corrected chi connectivity index (χ1v) is 5.81. The van der Waals surface area contributed by atoms with Gasteiger partial charge in [0.05, 0.1) is 0 Å². The highest BCUT2D eigenvalue weighted by atomic mass is 16.5. The Hall–Kier alpha value is -0.860. The van der Waals surface area contributed by atoms with Crippen LogP contribution in [0.15, 0.2) is 0 Å². The van der Waals surface area contributed by atoms with Crippen molar-refractivity contribution in [3.63, 3.8) is 0 Å². The molecular formula is C12H22O3. The van der Waals surface area contributed by atoms with Gasteiger partial charge in [-0.25, -0.2) is 0 Å². The fourth-order valence-corrected chi connectivity index (χ4v) is 1.54. The number of carbonyl (C=O) groups excluding carboxylic acids is 2. The van der Waals surface area contributed by atoms with E-state index in [-0.39, 0.29) is 12.1 Å². The molecule has 3 heteroatoms. The molecule has 0 saturated heterocycles. The monoisotopic (exact) mass is 214 g/mol. The highest BCUT2D eigenvalue weighted by Gasteiger charge is 2.10. The quantitative estimate of drug-likeness (QED) is 0.337. The van der Waals surface area contributed by atoms with Gasteiger partial charge in [-0.1, -0.05) is 32.6 Å². The minimum atomic E-state index is -0.296. The van der Waals surface area contributed by atoms with E-state index in [2.05, 4.69) is 6.92 Å². The van der Waals surface area contributed by atoms with E-state index in [0.717, 1.165) is 25.5 Å². The molecule has 0 radical (unpaired) electrons. The van der Waals surface area contributed by atoms with Gasteiger partial charge in [0.25, 0.3) is 0 Å². The Morgan fingerprint density at radius 2 is 1.93 bits per heavy atom. The normalized spacial score (nSPS) is 12.1. The number of rotatable bonds is 9. The van der Waals surface area contributed by atoms with E-state index in [1.807, 2.05) is 0 Å². The summed E-state index contributed by atoms with van der Waals surface area (Å²) in [5.74, 6) is -0.296. The summed E-state index contributed by atoms with van der Waals surface area (Å²) in [6.07, 6.45) is 7.64. The zero-order valence-electron chi connectivity index (χ0n) is 9.83. The maximum absolute atomic E-state index is 10.7. The van der Waals surface area contributed by atoms with Crippen LogP contribution in [0.25, 0.3) is 0 Å². The second-order valence-corrected chi connectivity index (χ2v) is 3.84. The molecule has 0 aliphatic carbocycles. The lowest BCUT2D eigenvalue weighted by atomic mass is 10.1.